The molecule has 16 heavy (non-hydrogen) atoms. The highest BCUT2D eigenvalue weighted by atomic mass is 35.5. The Kier molecular flexibility index (Phi) is 3.59. The highest BCUT2D eigenvalue weighted by Crippen LogP contribution is 2.19. The van der Waals surface area contributed by atoms with Crippen molar-refractivity contribution in [1.82, 2.24) is 15.1 Å². The van der Waals surface area contributed by atoms with Crippen LogP contribution in [0.2, 0.25) is 5.02 Å². The van der Waals surface area contributed by atoms with Crippen molar-refractivity contribution in [3.05, 3.63) is 47.2 Å². The molecule has 0 unspecified atom stereocenters. The zero-order valence-electron chi connectivity index (χ0n) is 9.15. The number of benzene rings is 1. The summed E-state index contributed by atoms with van der Waals surface area (Å²) in [6, 6.07) is 7.77. The van der Waals surface area contributed by atoms with E-state index >= 15 is 0 Å². The number of hydrogen-bond donors (Lipinski definition) is 1. The van der Waals surface area contributed by atoms with E-state index in [9.17, 15) is 0 Å². The van der Waals surface area contributed by atoms with Crippen molar-refractivity contribution in [1.29, 1.82) is 0 Å². The van der Waals surface area contributed by atoms with Gasteiger partial charge in [0.15, 0.2) is 0 Å². The summed E-state index contributed by atoms with van der Waals surface area (Å²) in [5, 5.41) is 8.26. The molecule has 0 spiro atoms. The Balaban J connectivity index is 2.37. The highest BCUT2D eigenvalue weighted by molar-refractivity contribution is 6.30. The van der Waals surface area contributed by atoms with Crippen LogP contribution in [0, 0.1) is 0 Å². The predicted octanol–water partition coefficient (Wildman–Crippen LogP) is 2.64. The lowest BCUT2D eigenvalue weighted by Gasteiger charge is -2.10. The Morgan fingerprint density at radius 1 is 1.44 bits per heavy atom. The lowest BCUT2D eigenvalue weighted by Crippen LogP contribution is -2.14. The van der Waals surface area contributed by atoms with Gasteiger partial charge >= 0.3 is 0 Å². The Bertz CT molecular complexity index is 451. The van der Waals surface area contributed by atoms with Crippen molar-refractivity contribution in [3.8, 4) is 5.69 Å². The van der Waals surface area contributed by atoms with E-state index < -0.39 is 0 Å². The molecule has 0 aliphatic rings. The molecule has 0 saturated carbocycles. The van der Waals surface area contributed by atoms with Crippen molar-refractivity contribution in [2.24, 2.45) is 0 Å². The normalized spacial score (nSPS) is 10.6. The van der Waals surface area contributed by atoms with E-state index in [4.69, 9.17) is 11.6 Å². The maximum absolute atomic E-state index is 6.01. The summed E-state index contributed by atoms with van der Waals surface area (Å²) in [6.07, 6.45) is 3.68. The number of rotatable bonds is 4. The minimum atomic E-state index is 0.728. The second-order valence-corrected chi connectivity index (χ2v) is 3.94. The second kappa shape index (κ2) is 5.14. The van der Waals surface area contributed by atoms with E-state index in [1.54, 1.807) is 6.20 Å². The van der Waals surface area contributed by atoms with Crippen molar-refractivity contribution in [2.45, 2.75) is 13.5 Å². The molecule has 0 radical (unpaired) electrons. The standard InChI is InChI=1S/C12H14ClN3/c1-2-14-9-10-4-5-11(13)8-12(10)16-7-3-6-15-16/h3-8,14H,2,9H2,1H3. The van der Waals surface area contributed by atoms with E-state index in [1.807, 2.05) is 35.1 Å². The number of hydrogen-bond acceptors (Lipinski definition) is 2. The Morgan fingerprint density at radius 3 is 3.00 bits per heavy atom. The molecule has 1 aromatic carbocycles. The smallest absolute Gasteiger partial charge is 0.0705 e. The maximum Gasteiger partial charge on any atom is 0.0705 e. The number of nitrogens with one attached hydrogen (secondary N) is 1. The molecule has 0 amide bonds. The van der Waals surface area contributed by atoms with Gasteiger partial charge in [0.1, 0.15) is 0 Å². The largest absolute Gasteiger partial charge is 0.313 e. The van der Waals surface area contributed by atoms with Gasteiger partial charge in [-0.15, -0.1) is 0 Å². The first-order valence-corrected chi connectivity index (χ1v) is 5.68. The number of halogens is 1. The highest BCUT2D eigenvalue weighted by Gasteiger charge is 2.05. The first-order chi connectivity index (χ1) is 7.81. The van der Waals surface area contributed by atoms with Gasteiger partial charge in [-0.1, -0.05) is 24.6 Å². The Hall–Kier alpha value is -1.32. The van der Waals surface area contributed by atoms with Crippen LogP contribution in [-0.2, 0) is 6.54 Å². The molecule has 1 aromatic heterocycles. The quantitative estimate of drug-likeness (QED) is 0.883. The topological polar surface area (TPSA) is 29.9 Å². The average molecular weight is 236 g/mol. The molecule has 0 saturated heterocycles. The lowest BCUT2D eigenvalue weighted by atomic mass is 10.2. The van der Waals surface area contributed by atoms with E-state index in [0.29, 0.717) is 0 Å². The Morgan fingerprint density at radius 2 is 2.31 bits per heavy atom. The number of aromatic nitrogens is 2. The third kappa shape index (κ3) is 2.43. The molecular formula is C12H14ClN3. The molecule has 0 aliphatic carbocycles. The summed E-state index contributed by atoms with van der Waals surface area (Å²) < 4.78 is 1.83. The molecule has 1 heterocycles. The molecule has 0 aliphatic heterocycles. The van der Waals surface area contributed by atoms with Crippen molar-refractivity contribution >= 4 is 11.6 Å². The fourth-order valence-corrected chi connectivity index (χ4v) is 1.74. The van der Waals surface area contributed by atoms with Crippen molar-refractivity contribution in [2.75, 3.05) is 6.54 Å². The summed E-state index contributed by atoms with van der Waals surface area (Å²) in [7, 11) is 0. The zero-order chi connectivity index (χ0) is 11.4. The van der Waals surface area contributed by atoms with Crippen LogP contribution < -0.4 is 5.32 Å². The first kappa shape index (κ1) is 11.2. The van der Waals surface area contributed by atoms with E-state index in [2.05, 4.69) is 17.3 Å². The van der Waals surface area contributed by atoms with Crippen LogP contribution in [0.5, 0.6) is 0 Å². The molecule has 4 heteroatoms. The molecule has 1 N–H and O–H groups in total. The SMILES string of the molecule is CCNCc1ccc(Cl)cc1-n1cccn1. The predicted molar refractivity (Wildman–Crippen MR) is 66.0 cm³/mol. The minimum absolute atomic E-state index is 0.728. The maximum atomic E-state index is 6.01. The van der Waals surface area contributed by atoms with Gasteiger partial charge in [-0.2, -0.15) is 5.10 Å². The second-order valence-electron chi connectivity index (χ2n) is 3.50. The summed E-state index contributed by atoms with van der Waals surface area (Å²) in [4.78, 5) is 0. The molecular weight excluding hydrogens is 222 g/mol. The molecule has 0 atom stereocenters. The van der Waals surface area contributed by atoms with Crippen LogP contribution in [0.4, 0.5) is 0 Å². The van der Waals surface area contributed by atoms with Crippen LogP contribution >= 0.6 is 11.6 Å². The van der Waals surface area contributed by atoms with E-state index in [0.717, 1.165) is 23.8 Å². The summed E-state index contributed by atoms with van der Waals surface area (Å²) in [5.41, 5.74) is 2.22. The summed E-state index contributed by atoms with van der Waals surface area (Å²) in [6.45, 7) is 3.85. The van der Waals surface area contributed by atoms with Gasteiger partial charge in [0.05, 0.1) is 5.69 Å². The van der Waals surface area contributed by atoms with Crippen LogP contribution in [0.1, 0.15) is 12.5 Å². The third-order valence-electron chi connectivity index (χ3n) is 2.36. The van der Waals surface area contributed by atoms with Crippen LogP contribution in [-0.4, -0.2) is 16.3 Å². The monoisotopic (exact) mass is 235 g/mol. The Labute approximate surface area is 100 Å². The van der Waals surface area contributed by atoms with Gasteiger partial charge in [0, 0.05) is 24.0 Å². The molecule has 84 valence electrons. The first-order valence-electron chi connectivity index (χ1n) is 5.30. The molecule has 0 fully saturated rings. The van der Waals surface area contributed by atoms with Crippen LogP contribution in [0.15, 0.2) is 36.7 Å². The van der Waals surface area contributed by atoms with Crippen LogP contribution in [0.25, 0.3) is 5.69 Å². The molecule has 0 bridgehead atoms. The average Bonchev–Trinajstić information content (AvgIpc) is 2.80. The molecule has 3 nitrogen and oxygen atoms in total. The molecule has 2 rings (SSSR count). The van der Waals surface area contributed by atoms with Gasteiger partial charge in [-0.05, 0) is 30.3 Å². The number of nitrogens with zero attached hydrogens (tertiary/aromatic N) is 2. The van der Waals surface area contributed by atoms with Gasteiger partial charge in [0.25, 0.3) is 0 Å². The van der Waals surface area contributed by atoms with Gasteiger partial charge in [0.2, 0.25) is 0 Å². The lowest BCUT2D eigenvalue weighted by molar-refractivity contribution is 0.717. The van der Waals surface area contributed by atoms with Gasteiger partial charge in [-0.25, -0.2) is 4.68 Å². The van der Waals surface area contributed by atoms with Crippen LogP contribution in [0.3, 0.4) is 0 Å². The van der Waals surface area contributed by atoms with Gasteiger partial charge in [-0.3, -0.25) is 0 Å². The van der Waals surface area contributed by atoms with Crippen molar-refractivity contribution < 1.29 is 0 Å². The van der Waals surface area contributed by atoms with E-state index in [1.165, 1.54) is 5.56 Å². The molecule has 2 aromatic rings. The van der Waals surface area contributed by atoms with Gasteiger partial charge < -0.3 is 5.32 Å². The summed E-state index contributed by atoms with van der Waals surface area (Å²) in [5.74, 6) is 0. The van der Waals surface area contributed by atoms with E-state index in [-0.39, 0.29) is 0 Å². The fourth-order valence-electron chi connectivity index (χ4n) is 1.57. The third-order valence-corrected chi connectivity index (χ3v) is 2.60. The zero-order valence-corrected chi connectivity index (χ0v) is 9.91. The fraction of sp³-hybridized carbons (Fsp3) is 0.250. The van der Waals surface area contributed by atoms with Crippen molar-refractivity contribution in [3.63, 3.8) is 0 Å². The summed E-state index contributed by atoms with van der Waals surface area (Å²) >= 11 is 6.01. The minimum Gasteiger partial charge on any atom is -0.313 e.